The van der Waals surface area contributed by atoms with Gasteiger partial charge in [-0.25, -0.2) is 0 Å². The summed E-state index contributed by atoms with van der Waals surface area (Å²) in [6, 6.07) is 1.82. The number of nitrogens with two attached hydrogens (primary N) is 1. The van der Waals surface area contributed by atoms with E-state index in [1.165, 1.54) is 0 Å². The molecule has 0 saturated carbocycles. The van der Waals surface area contributed by atoms with Crippen LogP contribution in [0.5, 0.6) is 0 Å². The van der Waals surface area contributed by atoms with Gasteiger partial charge in [0.1, 0.15) is 0 Å². The van der Waals surface area contributed by atoms with Gasteiger partial charge in [-0.15, -0.1) is 0 Å². The molecule has 4 heteroatoms. The first-order chi connectivity index (χ1) is 7.53. The first-order valence-corrected chi connectivity index (χ1v) is 5.80. The number of aromatic nitrogens is 1. The standard InChI is InChI=1S/C12H19ClN2O/c1-4-12(2,16-3)11(14)7-9-5-6-15-8-10(9)13/h5-6,8,11H,4,7,14H2,1-3H3. The van der Waals surface area contributed by atoms with Gasteiger partial charge in [-0.1, -0.05) is 18.5 Å². The van der Waals surface area contributed by atoms with Crippen molar-refractivity contribution in [1.82, 2.24) is 4.98 Å². The number of hydrogen-bond acceptors (Lipinski definition) is 3. The maximum atomic E-state index is 6.17. The molecule has 2 atom stereocenters. The minimum Gasteiger partial charge on any atom is -0.377 e. The predicted molar refractivity (Wildman–Crippen MR) is 66.6 cm³/mol. The van der Waals surface area contributed by atoms with E-state index in [-0.39, 0.29) is 11.6 Å². The zero-order valence-electron chi connectivity index (χ0n) is 10.0. The molecule has 1 aromatic heterocycles. The monoisotopic (exact) mass is 242 g/mol. The molecule has 0 aliphatic carbocycles. The fraction of sp³-hybridized carbons (Fsp3) is 0.583. The molecule has 2 unspecified atom stereocenters. The van der Waals surface area contributed by atoms with Crippen LogP contribution < -0.4 is 5.73 Å². The second kappa shape index (κ2) is 5.62. The molecule has 0 amide bonds. The SMILES string of the molecule is CCC(C)(OC)C(N)Cc1ccncc1Cl. The van der Waals surface area contributed by atoms with E-state index in [1.54, 1.807) is 19.5 Å². The van der Waals surface area contributed by atoms with Crippen LogP contribution in [0.15, 0.2) is 18.5 Å². The summed E-state index contributed by atoms with van der Waals surface area (Å²) < 4.78 is 5.48. The van der Waals surface area contributed by atoms with Crippen molar-refractivity contribution in [3.63, 3.8) is 0 Å². The Balaban J connectivity index is 2.78. The number of ether oxygens (including phenoxy) is 1. The lowest BCUT2D eigenvalue weighted by molar-refractivity contribution is -0.0184. The van der Waals surface area contributed by atoms with Crippen molar-refractivity contribution in [3.05, 3.63) is 29.0 Å². The van der Waals surface area contributed by atoms with E-state index in [2.05, 4.69) is 11.9 Å². The van der Waals surface area contributed by atoms with Crippen LogP contribution in [0.3, 0.4) is 0 Å². The largest absolute Gasteiger partial charge is 0.377 e. The molecular weight excluding hydrogens is 224 g/mol. The van der Waals surface area contributed by atoms with Crippen molar-refractivity contribution >= 4 is 11.6 Å². The molecular formula is C12H19ClN2O. The van der Waals surface area contributed by atoms with Gasteiger partial charge in [-0.05, 0) is 31.4 Å². The Bertz CT molecular complexity index is 340. The molecule has 0 aromatic carbocycles. The van der Waals surface area contributed by atoms with Gasteiger partial charge in [0.2, 0.25) is 0 Å². The Morgan fingerprint density at radius 2 is 2.31 bits per heavy atom. The summed E-state index contributed by atoms with van der Waals surface area (Å²) in [5.41, 5.74) is 6.87. The first kappa shape index (κ1) is 13.4. The second-order valence-corrected chi connectivity index (χ2v) is 4.56. The molecule has 16 heavy (non-hydrogen) atoms. The third kappa shape index (κ3) is 2.94. The van der Waals surface area contributed by atoms with Crippen LogP contribution in [0.2, 0.25) is 5.02 Å². The Labute approximate surface area is 102 Å². The second-order valence-electron chi connectivity index (χ2n) is 4.15. The number of methoxy groups -OCH3 is 1. The highest BCUT2D eigenvalue weighted by atomic mass is 35.5. The average Bonchev–Trinajstić information content (AvgIpc) is 2.31. The van der Waals surface area contributed by atoms with Crippen molar-refractivity contribution in [3.8, 4) is 0 Å². The Kier molecular flexibility index (Phi) is 4.71. The summed E-state index contributed by atoms with van der Waals surface area (Å²) >= 11 is 6.05. The third-order valence-electron chi connectivity index (χ3n) is 3.25. The molecule has 0 radical (unpaired) electrons. The van der Waals surface area contributed by atoms with Gasteiger partial charge in [0.05, 0.1) is 10.6 Å². The highest BCUT2D eigenvalue weighted by molar-refractivity contribution is 6.31. The molecule has 90 valence electrons. The minimum absolute atomic E-state index is 0.0811. The number of halogens is 1. The zero-order valence-corrected chi connectivity index (χ0v) is 10.8. The summed E-state index contributed by atoms with van der Waals surface area (Å²) in [5, 5.41) is 0.660. The summed E-state index contributed by atoms with van der Waals surface area (Å²) in [7, 11) is 1.69. The molecule has 0 aliphatic heterocycles. The Morgan fingerprint density at radius 1 is 1.62 bits per heavy atom. The molecule has 1 heterocycles. The number of nitrogens with zero attached hydrogens (tertiary/aromatic N) is 1. The zero-order chi connectivity index (χ0) is 12.2. The molecule has 1 rings (SSSR count). The molecule has 0 bridgehead atoms. The normalized spacial score (nSPS) is 16.8. The van der Waals surface area contributed by atoms with Gasteiger partial charge in [0.25, 0.3) is 0 Å². The van der Waals surface area contributed by atoms with E-state index in [9.17, 15) is 0 Å². The molecule has 0 aliphatic rings. The van der Waals surface area contributed by atoms with Crippen molar-refractivity contribution < 1.29 is 4.74 Å². The maximum Gasteiger partial charge on any atom is 0.0801 e. The van der Waals surface area contributed by atoms with Gasteiger partial charge in [-0.2, -0.15) is 0 Å². The average molecular weight is 243 g/mol. The van der Waals surface area contributed by atoms with Crippen molar-refractivity contribution in [2.75, 3.05) is 7.11 Å². The van der Waals surface area contributed by atoms with Crippen LogP contribution >= 0.6 is 11.6 Å². The summed E-state index contributed by atoms with van der Waals surface area (Å²) in [5.74, 6) is 0. The van der Waals surface area contributed by atoms with Gasteiger partial charge in [-0.3, -0.25) is 4.98 Å². The summed E-state index contributed by atoms with van der Waals surface area (Å²) in [6.07, 6.45) is 4.93. The van der Waals surface area contributed by atoms with Crippen LogP contribution in [0.4, 0.5) is 0 Å². The fourth-order valence-corrected chi connectivity index (χ4v) is 1.78. The lowest BCUT2D eigenvalue weighted by Gasteiger charge is -2.33. The highest BCUT2D eigenvalue weighted by Gasteiger charge is 2.29. The topological polar surface area (TPSA) is 48.1 Å². The maximum absolute atomic E-state index is 6.17. The van der Waals surface area contributed by atoms with E-state index in [0.29, 0.717) is 11.4 Å². The molecule has 0 fully saturated rings. The Morgan fingerprint density at radius 3 is 2.81 bits per heavy atom. The van der Waals surface area contributed by atoms with Crippen LogP contribution in [0, 0.1) is 0 Å². The van der Waals surface area contributed by atoms with Crippen molar-refractivity contribution in [2.45, 2.75) is 38.3 Å². The van der Waals surface area contributed by atoms with E-state index >= 15 is 0 Å². The number of pyridine rings is 1. The third-order valence-corrected chi connectivity index (χ3v) is 3.59. The smallest absolute Gasteiger partial charge is 0.0801 e. The number of hydrogen-bond donors (Lipinski definition) is 1. The minimum atomic E-state index is -0.313. The van der Waals surface area contributed by atoms with Crippen LogP contribution in [-0.4, -0.2) is 23.7 Å². The number of rotatable bonds is 5. The van der Waals surface area contributed by atoms with Crippen molar-refractivity contribution in [1.29, 1.82) is 0 Å². The highest BCUT2D eigenvalue weighted by Crippen LogP contribution is 2.23. The van der Waals surface area contributed by atoms with Gasteiger partial charge in [0, 0.05) is 25.5 Å². The van der Waals surface area contributed by atoms with E-state index in [4.69, 9.17) is 22.1 Å². The summed E-state index contributed by atoms with van der Waals surface area (Å²) in [6.45, 7) is 4.09. The van der Waals surface area contributed by atoms with E-state index < -0.39 is 0 Å². The van der Waals surface area contributed by atoms with Crippen molar-refractivity contribution in [2.24, 2.45) is 5.73 Å². The Hall–Kier alpha value is -0.640. The van der Waals surface area contributed by atoms with Crippen LogP contribution in [-0.2, 0) is 11.2 Å². The van der Waals surface area contributed by atoms with Gasteiger partial charge in [0.15, 0.2) is 0 Å². The lowest BCUT2D eigenvalue weighted by atomic mass is 9.89. The molecule has 0 saturated heterocycles. The van der Waals surface area contributed by atoms with E-state index in [1.807, 2.05) is 13.0 Å². The predicted octanol–water partition coefficient (Wildman–Crippen LogP) is 2.42. The molecule has 1 aromatic rings. The molecule has 3 nitrogen and oxygen atoms in total. The lowest BCUT2D eigenvalue weighted by Crippen LogP contribution is -2.48. The quantitative estimate of drug-likeness (QED) is 0.863. The van der Waals surface area contributed by atoms with Crippen LogP contribution in [0.25, 0.3) is 0 Å². The first-order valence-electron chi connectivity index (χ1n) is 5.42. The van der Waals surface area contributed by atoms with Crippen LogP contribution in [0.1, 0.15) is 25.8 Å². The summed E-state index contributed by atoms with van der Waals surface area (Å²) in [4.78, 5) is 3.95. The molecule has 2 N–H and O–H groups in total. The van der Waals surface area contributed by atoms with Gasteiger partial charge < -0.3 is 10.5 Å². The fourth-order valence-electron chi connectivity index (χ4n) is 1.58. The molecule has 0 spiro atoms. The van der Waals surface area contributed by atoms with Gasteiger partial charge >= 0.3 is 0 Å². The van der Waals surface area contributed by atoms with E-state index in [0.717, 1.165) is 12.0 Å².